The summed E-state index contributed by atoms with van der Waals surface area (Å²) in [7, 11) is 1.57. The molecule has 1 fully saturated rings. The Balaban J connectivity index is 1.60. The second kappa shape index (κ2) is 6.64. The Kier molecular flexibility index (Phi) is 4.32. The van der Waals surface area contributed by atoms with Gasteiger partial charge in [-0.2, -0.15) is 0 Å². The lowest BCUT2D eigenvalue weighted by atomic mass is 10.1. The van der Waals surface area contributed by atoms with E-state index in [1.54, 1.807) is 13.3 Å². The SMILES string of the molecule is COc1ncccc1CNC(=O)c1sc2nc(C3CC3)nc(C)c2c1C. The van der Waals surface area contributed by atoms with E-state index in [2.05, 4.69) is 15.3 Å². The van der Waals surface area contributed by atoms with Gasteiger partial charge in [0.05, 0.1) is 17.7 Å². The molecule has 0 spiro atoms. The topological polar surface area (TPSA) is 77.0 Å². The average molecular weight is 368 g/mol. The molecule has 7 heteroatoms. The Labute approximate surface area is 155 Å². The summed E-state index contributed by atoms with van der Waals surface area (Å²) in [6.45, 7) is 4.32. The number of carbonyl (C=O) groups excluding carboxylic acids is 1. The summed E-state index contributed by atoms with van der Waals surface area (Å²) < 4.78 is 5.23. The number of nitrogens with one attached hydrogen (secondary N) is 1. The highest BCUT2D eigenvalue weighted by Crippen LogP contribution is 2.40. The third-order valence-corrected chi connectivity index (χ3v) is 5.80. The van der Waals surface area contributed by atoms with Crippen LogP contribution in [0.1, 0.15) is 51.1 Å². The molecule has 0 aromatic carbocycles. The van der Waals surface area contributed by atoms with Crippen molar-refractivity contribution in [1.82, 2.24) is 20.3 Å². The van der Waals surface area contributed by atoms with E-state index in [1.807, 2.05) is 26.0 Å². The monoisotopic (exact) mass is 368 g/mol. The van der Waals surface area contributed by atoms with Gasteiger partial charge in [0.15, 0.2) is 0 Å². The van der Waals surface area contributed by atoms with Crippen molar-refractivity contribution in [1.29, 1.82) is 0 Å². The highest BCUT2D eigenvalue weighted by atomic mass is 32.1. The summed E-state index contributed by atoms with van der Waals surface area (Å²) in [6, 6.07) is 3.72. The van der Waals surface area contributed by atoms with Crippen molar-refractivity contribution in [2.45, 2.75) is 39.2 Å². The third kappa shape index (κ3) is 3.03. The second-order valence-electron chi connectivity index (χ2n) is 6.53. The Morgan fingerprint density at radius 1 is 1.35 bits per heavy atom. The Bertz CT molecular complexity index is 995. The smallest absolute Gasteiger partial charge is 0.261 e. The second-order valence-corrected chi connectivity index (χ2v) is 7.53. The van der Waals surface area contributed by atoms with Crippen molar-refractivity contribution in [2.24, 2.45) is 0 Å². The van der Waals surface area contributed by atoms with Crippen LogP contribution in [0, 0.1) is 13.8 Å². The van der Waals surface area contributed by atoms with E-state index in [0.717, 1.165) is 45.7 Å². The minimum absolute atomic E-state index is 0.108. The fourth-order valence-corrected chi connectivity index (χ4v) is 4.25. The molecule has 3 aromatic heterocycles. The van der Waals surface area contributed by atoms with Crippen LogP contribution in [0.2, 0.25) is 0 Å². The molecule has 0 radical (unpaired) electrons. The van der Waals surface area contributed by atoms with Gasteiger partial charge in [-0.25, -0.2) is 15.0 Å². The zero-order chi connectivity index (χ0) is 18.3. The van der Waals surface area contributed by atoms with Gasteiger partial charge in [0.25, 0.3) is 5.91 Å². The number of methoxy groups -OCH3 is 1. The normalized spacial score (nSPS) is 13.8. The first-order valence-electron chi connectivity index (χ1n) is 8.62. The Morgan fingerprint density at radius 3 is 2.88 bits per heavy atom. The highest BCUT2D eigenvalue weighted by molar-refractivity contribution is 7.20. The van der Waals surface area contributed by atoms with Crippen molar-refractivity contribution >= 4 is 27.5 Å². The summed E-state index contributed by atoms with van der Waals surface area (Å²) in [5.74, 6) is 1.83. The number of ether oxygens (including phenoxy) is 1. The van der Waals surface area contributed by atoms with Crippen LogP contribution in [-0.4, -0.2) is 28.0 Å². The summed E-state index contributed by atoms with van der Waals surface area (Å²) in [5.41, 5.74) is 2.74. The number of thiophene rings is 1. The molecule has 1 N–H and O–H groups in total. The van der Waals surface area contributed by atoms with E-state index in [0.29, 0.717) is 23.2 Å². The summed E-state index contributed by atoms with van der Waals surface area (Å²) in [6.07, 6.45) is 3.99. The highest BCUT2D eigenvalue weighted by Gasteiger charge is 2.28. The van der Waals surface area contributed by atoms with Gasteiger partial charge in [-0.1, -0.05) is 6.07 Å². The predicted octanol–water partition coefficient (Wildman–Crippen LogP) is 3.52. The number of aryl methyl sites for hydroxylation is 2. The van der Waals surface area contributed by atoms with E-state index in [4.69, 9.17) is 9.72 Å². The van der Waals surface area contributed by atoms with Gasteiger partial charge in [-0.15, -0.1) is 11.3 Å². The van der Waals surface area contributed by atoms with Gasteiger partial charge in [0.2, 0.25) is 5.88 Å². The molecule has 1 saturated carbocycles. The minimum atomic E-state index is -0.108. The van der Waals surface area contributed by atoms with Gasteiger partial charge in [0, 0.05) is 29.6 Å². The first-order valence-corrected chi connectivity index (χ1v) is 9.44. The molecule has 26 heavy (non-hydrogen) atoms. The lowest BCUT2D eigenvalue weighted by molar-refractivity contribution is 0.0954. The molecule has 3 aromatic rings. The van der Waals surface area contributed by atoms with Crippen LogP contribution < -0.4 is 10.1 Å². The van der Waals surface area contributed by atoms with Crippen molar-refractivity contribution in [2.75, 3.05) is 7.11 Å². The van der Waals surface area contributed by atoms with Gasteiger partial charge < -0.3 is 10.1 Å². The fourth-order valence-electron chi connectivity index (χ4n) is 3.10. The van der Waals surface area contributed by atoms with E-state index in [-0.39, 0.29) is 5.91 Å². The number of nitrogens with zero attached hydrogens (tertiary/aromatic N) is 3. The van der Waals surface area contributed by atoms with Crippen LogP contribution in [0.4, 0.5) is 0 Å². The van der Waals surface area contributed by atoms with E-state index < -0.39 is 0 Å². The summed E-state index contributed by atoms with van der Waals surface area (Å²) in [4.78, 5) is 27.8. The zero-order valence-corrected chi connectivity index (χ0v) is 15.8. The Morgan fingerprint density at radius 2 is 2.15 bits per heavy atom. The van der Waals surface area contributed by atoms with Crippen LogP contribution in [-0.2, 0) is 6.54 Å². The number of aromatic nitrogens is 3. The molecule has 0 bridgehead atoms. The van der Waals surface area contributed by atoms with E-state index in [1.165, 1.54) is 11.3 Å². The number of hydrogen-bond donors (Lipinski definition) is 1. The molecule has 0 atom stereocenters. The molecule has 1 aliphatic carbocycles. The van der Waals surface area contributed by atoms with Crippen molar-refractivity contribution in [3.05, 3.63) is 45.9 Å². The van der Waals surface area contributed by atoms with Gasteiger partial charge in [-0.3, -0.25) is 4.79 Å². The molecule has 0 aliphatic heterocycles. The molecule has 1 amide bonds. The number of fused-ring (bicyclic) bond motifs is 1. The molecule has 1 aliphatic rings. The van der Waals surface area contributed by atoms with Crippen LogP contribution >= 0.6 is 11.3 Å². The van der Waals surface area contributed by atoms with Crippen LogP contribution in [0.3, 0.4) is 0 Å². The molecule has 0 saturated heterocycles. The minimum Gasteiger partial charge on any atom is -0.481 e. The molecule has 134 valence electrons. The van der Waals surface area contributed by atoms with Crippen molar-refractivity contribution in [3.63, 3.8) is 0 Å². The molecule has 3 heterocycles. The largest absolute Gasteiger partial charge is 0.481 e. The fraction of sp³-hybridized carbons (Fsp3) is 0.368. The molecule has 4 rings (SSSR count). The number of amides is 1. The van der Waals surface area contributed by atoms with Crippen molar-refractivity contribution in [3.8, 4) is 5.88 Å². The molecular weight excluding hydrogens is 348 g/mol. The van der Waals surface area contributed by atoms with Crippen molar-refractivity contribution < 1.29 is 9.53 Å². The Hall–Kier alpha value is -2.54. The number of pyridine rings is 1. The first kappa shape index (κ1) is 16.9. The van der Waals surface area contributed by atoms with Crippen LogP contribution in [0.25, 0.3) is 10.2 Å². The van der Waals surface area contributed by atoms with Gasteiger partial charge in [-0.05, 0) is 38.3 Å². The van der Waals surface area contributed by atoms with Gasteiger partial charge in [0.1, 0.15) is 10.7 Å². The number of carbonyl (C=O) groups is 1. The summed E-state index contributed by atoms with van der Waals surface area (Å²) >= 11 is 1.44. The number of rotatable bonds is 5. The van der Waals surface area contributed by atoms with Crippen LogP contribution in [0.5, 0.6) is 5.88 Å². The van der Waals surface area contributed by atoms with E-state index >= 15 is 0 Å². The quantitative estimate of drug-likeness (QED) is 0.746. The van der Waals surface area contributed by atoms with Gasteiger partial charge >= 0.3 is 0 Å². The zero-order valence-electron chi connectivity index (χ0n) is 15.0. The maximum Gasteiger partial charge on any atom is 0.261 e. The molecule has 6 nitrogen and oxygen atoms in total. The maximum atomic E-state index is 12.7. The standard InChI is InChI=1S/C19H20N4O2S/c1-10-14-11(2)22-16(12-6-7-12)23-19(14)26-15(10)17(24)21-9-13-5-4-8-20-18(13)25-3/h4-5,8,12H,6-7,9H2,1-3H3,(H,21,24). The molecular formula is C19H20N4O2S. The van der Waals surface area contributed by atoms with E-state index in [9.17, 15) is 4.79 Å². The third-order valence-electron chi connectivity index (χ3n) is 4.62. The predicted molar refractivity (Wildman–Crippen MR) is 101 cm³/mol. The first-order chi connectivity index (χ1) is 12.6. The molecule has 0 unspecified atom stereocenters. The lowest BCUT2D eigenvalue weighted by Gasteiger charge is -2.08. The van der Waals surface area contributed by atoms with Crippen LogP contribution in [0.15, 0.2) is 18.3 Å². The number of hydrogen-bond acceptors (Lipinski definition) is 6. The average Bonchev–Trinajstić information content (AvgIpc) is 3.44. The summed E-state index contributed by atoms with van der Waals surface area (Å²) in [5, 5.41) is 3.97. The lowest BCUT2D eigenvalue weighted by Crippen LogP contribution is -2.22. The maximum absolute atomic E-state index is 12.7.